The van der Waals surface area contributed by atoms with Crippen LogP contribution in [0.5, 0.6) is 5.75 Å². The van der Waals surface area contributed by atoms with E-state index in [4.69, 9.17) is 4.74 Å². The first-order valence-corrected chi connectivity index (χ1v) is 6.11. The highest BCUT2D eigenvalue weighted by Gasteiger charge is 2.16. The molecule has 0 aliphatic carbocycles. The van der Waals surface area contributed by atoms with Crippen LogP contribution < -0.4 is 4.74 Å². The third-order valence-electron chi connectivity index (χ3n) is 2.63. The molecule has 3 nitrogen and oxygen atoms in total. The van der Waals surface area contributed by atoms with Gasteiger partial charge in [-0.15, -0.1) is 11.3 Å². The topological polar surface area (TPSA) is 39.2 Å². The molecule has 0 aliphatic heterocycles. The zero-order valence-corrected chi connectivity index (χ0v) is 10.8. The number of benzene rings is 1. The van der Waals surface area contributed by atoms with E-state index in [1.54, 1.807) is 24.8 Å². The molecular weight excluding hydrogens is 234 g/mol. The number of hydrogen-bond acceptors (Lipinski definition) is 4. The van der Waals surface area contributed by atoms with Crippen LogP contribution in [0.1, 0.15) is 26.5 Å². The molecule has 0 spiro atoms. The van der Waals surface area contributed by atoms with Gasteiger partial charge in [-0.1, -0.05) is 0 Å². The number of carbonyl (C=O) groups excluding carboxylic acids is 1. The van der Waals surface area contributed by atoms with Gasteiger partial charge in [0.2, 0.25) is 5.78 Å². The number of rotatable bonds is 3. The molecule has 0 saturated heterocycles. The molecule has 0 radical (unpaired) electrons. The Hall–Kier alpha value is -1.68. The predicted molar refractivity (Wildman–Crippen MR) is 68.0 cm³/mol. The molecule has 0 fully saturated rings. The van der Waals surface area contributed by atoms with Crippen LogP contribution in [-0.4, -0.2) is 17.9 Å². The van der Waals surface area contributed by atoms with Crippen LogP contribution in [0, 0.1) is 13.8 Å². The molecular formula is C13H13NO2S. The standard InChI is InChI=1S/C13H13NO2S/c1-8-6-10(16-3)4-5-11(8)12(15)13-9(2)14-7-17-13/h4-7H,1-3H3. The first-order chi connectivity index (χ1) is 8.13. The molecule has 0 unspecified atom stereocenters. The number of ether oxygens (including phenoxy) is 1. The Morgan fingerprint density at radius 2 is 2.12 bits per heavy atom. The molecule has 0 N–H and O–H groups in total. The number of ketones is 1. The SMILES string of the molecule is COc1ccc(C(=O)c2scnc2C)c(C)c1. The smallest absolute Gasteiger partial charge is 0.205 e. The fourth-order valence-corrected chi connectivity index (χ4v) is 2.42. The normalized spacial score (nSPS) is 10.3. The van der Waals surface area contributed by atoms with E-state index >= 15 is 0 Å². The van der Waals surface area contributed by atoms with Crippen LogP contribution in [-0.2, 0) is 0 Å². The number of thiazole rings is 1. The highest BCUT2D eigenvalue weighted by atomic mass is 32.1. The second kappa shape index (κ2) is 4.67. The van der Waals surface area contributed by atoms with Gasteiger partial charge >= 0.3 is 0 Å². The third kappa shape index (κ3) is 2.22. The average molecular weight is 247 g/mol. The second-order valence-corrected chi connectivity index (χ2v) is 4.63. The number of hydrogen-bond donors (Lipinski definition) is 0. The zero-order chi connectivity index (χ0) is 12.4. The molecule has 0 amide bonds. The van der Waals surface area contributed by atoms with E-state index in [2.05, 4.69) is 4.98 Å². The molecule has 0 saturated carbocycles. The van der Waals surface area contributed by atoms with Crippen molar-refractivity contribution in [2.24, 2.45) is 0 Å². The van der Waals surface area contributed by atoms with Gasteiger partial charge < -0.3 is 4.74 Å². The molecule has 4 heteroatoms. The van der Waals surface area contributed by atoms with Crippen LogP contribution in [0.25, 0.3) is 0 Å². The number of aryl methyl sites for hydroxylation is 2. The third-order valence-corrected chi connectivity index (χ3v) is 3.56. The maximum Gasteiger partial charge on any atom is 0.205 e. The quantitative estimate of drug-likeness (QED) is 0.783. The zero-order valence-electron chi connectivity index (χ0n) is 9.98. The summed E-state index contributed by atoms with van der Waals surface area (Å²) in [5.41, 5.74) is 4.11. The first-order valence-electron chi connectivity index (χ1n) is 5.23. The van der Waals surface area contributed by atoms with Gasteiger partial charge in [-0.3, -0.25) is 4.79 Å². The van der Waals surface area contributed by atoms with E-state index in [1.807, 2.05) is 19.9 Å². The van der Waals surface area contributed by atoms with Crippen molar-refractivity contribution in [3.63, 3.8) is 0 Å². The van der Waals surface area contributed by atoms with Gasteiger partial charge in [0.25, 0.3) is 0 Å². The van der Waals surface area contributed by atoms with Crippen LogP contribution >= 0.6 is 11.3 Å². The summed E-state index contributed by atoms with van der Waals surface area (Å²) in [5, 5.41) is 0. The minimum atomic E-state index is 0.0325. The maximum absolute atomic E-state index is 12.3. The van der Waals surface area contributed by atoms with Crippen molar-refractivity contribution in [2.75, 3.05) is 7.11 Å². The first kappa shape index (κ1) is 11.8. The summed E-state index contributed by atoms with van der Waals surface area (Å²) in [6, 6.07) is 5.47. The van der Waals surface area contributed by atoms with Crippen molar-refractivity contribution in [1.82, 2.24) is 4.98 Å². The highest BCUT2D eigenvalue weighted by molar-refractivity contribution is 7.12. The number of nitrogens with zero attached hydrogens (tertiary/aromatic N) is 1. The Morgan fingerprint density at radius 1 is 1.35 bits per heavy atom. The molecule has 1 heterocycles. The summed E-state index contributed by atoms with van der Waals surface area (Å²) >= 11 is 1.38. The summed E-state index contributed by atoms with van der Waals surface area (Å²) in [4.78, 5) is 17.1. The summed E-state index contributed by atoms with van der Waals surface area (Å²) in [6.07, 6.45) is 0. The van der Waals surface area contributed by atoms with Crippen molar-refractivity contribution in [3.05, 3.63) is 45.4 Å². The molecule has 2 aromatic rings. The molecule has 0 aliphatic rings. The summed E-state index contributed by atoms with van der Waals surface area (Å²) < 4.78 is 5.12. The van der Waals surface area contributed by atoms with Crippen molar-refractivity contribution in [1.29, 1.82) is 0 Å². The molecule has 88 valence electrons. The van der Waals surface area contributed by atoms with Crippen LogP contribution in [0.15, 0.2) is 23.7 Å². The highest BCUT2D eigenvalue weighted by Crippen LogP contribution is 2.22. The molecule has 1 aromatic heterocycles. The van der Waals surface area contributed by atoms with Gasteiger partial charge in [0, 0.05) is 5.56 Å². The fraction of sp³-hybridized carbons (Fsp3) is 0.231. The largest absolute Gasteiger partial charge is 0.497 e. The molecule has 17 heavy (non-hydrogen) atoms. The van der Waals surface area contributed by atoms with Gasteiger partial charge in [0.15, 0.2) is 0 Å². The Labute approximate surface area is 104 Å². The van der Waals surface area contributed by atoms with E-state index in [9.17, 15) is 4.79 Å². The van der Waals surface area contributed by atoms with Gasteiger partial charge in [0.1, 0.15) is 5.75 Å². The lowest BCUT2D eigenvalue weighted by Gasteiger charge is -2.06. The van der Waals surface area contributed by atoms with Crippen molar-refractivity contribution >= 4 is 17.1 Å². The van der Waals surface area contributed by atoms with Crippen molar-refractivity contribution < 1.29 is 9.53 Å². The van der Waals surface area contributed by atoms with E-state index in [1.165, 1.54) is 11.3 Å². The lowest BCUT2D eigenvalue weighted by molar-refractivity contribution is 0.104. The Kier molecular flexibility index (Phi) is 3.24. The molecule has 0 bridgehead atoms. The average Bonchev–Trinajstić information content (AvgIpc) is 2.74. The number of methoxy groups -OCH3 is 1. The van der Waals surface area contributed by atoms with Crippen LogP contribution in [0.2, 0.25) is 0 Å². The van der Waals surface area contributed by atoms with Crippen LogP contribution in [0.3, 0.4) is 0 Å². The summed E-state index contributed by atoms with van der Waals surface area (Å²) in [5.74, 6) is 0.797. The number of aromatic nitrogens is 1. The lowest BCUT2D eigenvalue weighted by atomic mass is 10.0. The molecule has 0 atom stereocenters. The molecule has 1 aromatic carbocycles. The Morgan fingerprint density at radius 3 is 2.65 bits per heavy atom. The second-order valence-electron chi connectivity index (χ2n) is 3.78. The van der Waals surface area contributed by atoms with E-state index in [0.717, 1.165) is 17.0 Å². The van der Waals surface area contributed by atoms with E-state index in [-0.39, 0.29) is 5.78 Å². The van der Waals surface area contributed by atoms with Crippen molar-refractivity contribution in [3.8, 4) is 5.75 Å². The Bertz CT molecular complexity index is 560. The van der Waals surface area contributed by atoms with E-state index < -0.39 is 0 Å². The number of carbonyl (C=O) groups is 1. The minimum Gasteiger partial charge on any atom is -0.497 e. The van der Waals surface area contributed by atoms with Crippen molar-refractivity contribution in [2.45, 2.75) is 13.8 Å². The summed E-state index contributed by atoms with van der Waals surface area (Å²) in [7, 11) is 1.61. The van der Waals surface area contributed by atoms with Crippen LogP contribution in [0.4, 0.5) is 0 Å². The van der Waals surface area contributed by atoms with E-state index in [0.29, 0.717) is 10.4 Å². The van der Waals surface area contributed by atoms with Gasteiger partial charge in [-0.05, 0) is 37.6 Å². The minimum absolute atomic E-state index is 0.0325. The monoisotopic (exact) mass is 247 g/mol. The Balaban J connectivity index is 2.41. The fourth-order valence-electron chi connectivity index (χ4n) is 1.66. The lowest BCUT2D eigenvalue weighted by Crippen LogP contribution is -2.03. The van der Waals surface area contributed by atoms with Gasteiger partial charge in [-0.2, -0.15) is 0 Å². The van der Waals surface area contributed by atoms with Gasteiger partial charge in [-0.25, -0.2) is 4.98 Å². The summed E-state index contributed by atoms with van der Waals surface area (Å²) in [6.45, 7) is 3.76. The predicted octanol–water partition coefficient (Wildman–Crippen LogP) is 3.00. The maximum atomic E-state index is 12.3. The van der Waals surface area contributed by atoms with Gasteiger partial charge in [0.05, 0.1) is 23.2 Å². The molecule has 2 rings (SSSR count).